The smallest absolute Gasteiger partial charge is 0.255 e. The standard InChI is InChI=1S/C36H44Cl2N6O2/c1-2-40-14-16-41(17-15-40)26-27-22-33(37)32(34(38)23-27)25-35(45)44-20-18-43(19-21-44)30-10-8-28(9-11-30)36(46)39-29-6-5-7-31(24-29)42-12-3-4-13-42/h5-11,22-24H,2-4,12-21,25-26H2,1H3,(H,39,46). The Labute approximate surface area is 282 Å². The van der Waals surface area contributed by atoms with E-state index in [2.05, 4.69) is 37.9 Å². The van der Waals surface area contributed by atoms with Crippen molar-refractivity contribution in [3.05, 3.63) is 87.4 Å². The lowest BCUT2D eigenvalue weighted by Crippen LogP contribution is -2.49. The van der Waals surface area contributed by atoms with Crippen molar-refractivity contribution in [1.29, 1.82) is 0 Å². The van der Waals surface area contributed by atoms with Crippen LogP contribution in [0.15, 0.2) is 60.7 Å². The van der Waals surface area contributed by atoms with Crippen LogP contribution in [0.5, 0.6) is 0 Å². The zero-order chi connectivity index (χ0) is 32.0. The van der Waals surface area contributed by atoms with Gasteiger partial charge >= 0.3 is 0 Å². The van der Waals surface area contributed by atoms with Gasteiger partial charge in [-0.2, -0.15) is 0 Å². The minimum Gasteiger partial charge on any atom is -0.371 e. The summed E-state index contributed by atoms with van der Waals surface area (Å²) in [6, 6.07) is 19.7. The van der Waals surface area contributed by atoms with E-state index in [1.165, 1.54) is 12.8 Å². The first-order chi connectivity index (χ1) is 22.4. The number of amides is 2. The maximum absolute atomic E-state index is 13.3. The lowest BCUT2D eigenvalue weighted by Gasteiger charge is -2.36. The van der Waals surface area contributed by atoms with Gasteiger partial charge in [0.2, 0.25) is 5.91 Å². The fourth-order valence-corrected chi connectivity index (χ4v) is 7.36. The second-order valence-electron chi connectivity index (χ2n) is 12.5. The molecule has 0 unspecified atom stereocenters. The minimum absolute atomic E-state index is 0.0349. The number of anilines is 3. The zero-order valence-electron chi connectivity index (χ0n) is 26.7. The third kappa shape index (κ3) is 7.97. The van der Waals surface area contributed by atoms with Crippen molar-refractivity contribution in [3.8, 4) is 0 Å². The molecule has 46 heavy (non-hydrogen) atoms. The SMILES string of the molecule is CCN1CCN(Cc2cc(Cl)c(CC(=O)N3CCN(c4ccc(C(=O)Nc5cccc(N6CCCC6)c5)cc4)CC3)c(Cl)c2)CC1. The molecule has 0 aromatic heterocycles. The van der Waals surface area contributed by atoms with Crippen LogP contribution in [0.2, 0.25) is 10.0 Å². The molecule has 3 heterocycles. The number of halogens is 2. The van der Waals surface area contributed by atoms with E-state index in [9.17, 15) is 9.59 Å². The molecule has 3 aliphatic heterocycles. The van der Waals surface area contributed by atoms with Gasteiger partial charge in [0, 0.05) is 105 Å². The van der Waals surface area contributed by atoms with Gasteiger partial charge in [-0.1, -0.05) is 36.2 Å². The highest BCUT2D eigenvalue weighted by Crippen LogP contribution is 2.29. The van der Waals surface area contributed by atoms with E-state index in [0.29, 0.717) is 47.4 Å². The highest BCUT2D eigenvalue weighted by molar-refractivity contribution is 6.36. The van der Waals surface area contributed by atoms with Crippen molar-refractivity contribution in [2.75, 3.05) is 87.1 Å². The molecule has 0 radical (unpaired) electrons. The van der Waals surface area contributed by atoms with Gasteiger partial charge in [0.15, 0.2) is 0 Å². The number of benzene rings is 3. The predicted octanol–water partition coefficient (Wildman–Crippen LogP) is 5.87. The molecule has 3 aliphatic rings. The summed E-state index contributed by atoms with van der Waals surface area (Å²) in [4.78, 5) is 37.6. The molecule has 0 saturated carbocycles. The van der Waals surface area contributed by atoms with Gasteiger partial charge in [-0.3, -0.25) is 14.5 Å². The van der Waals surface area contributed by atoms with Crippen LogP contribution in [0.25, 0.3) is 0 Å². The number of nitrogens with zero attached hydrogens (tertiary/aromatic N) is 5. The first kappa shape index (κ1) is 32.6. The largest absolute Gasteiger partial charge is 0.371 e. The Kier molecular flexibility index (Phi) is 10.7. The van der Waals surface area contributed by atoms with Gasteiger partial charge in [-0.15, -0.1) is 0 Å². The van der Waals surface area contributed by atoms with E-state index in [-0.39, 0.29) is 18.2 Å². The molecule has 8 nitrogen and oxygen atoms in total. The maximum atomic E-state index is 13.3. The highest BCUT2D eigenvalue weighted by atomic mass is 35.5. The minimum atomic E-state index is -0.124. The number of likely N-dealkylation sites (N-methyl/N-ethyl adjacent to an activating group) is 1. The van der Waals surface area contributed by atoms with Crippen LogP contribution in [0.4, 0.5) is 17.1 Å². The zero-order valence-corrected chi connectivity index (χ0v) is 28.2. The number of hydrogen-bond donors (Lipinski definition) is 1. The van der Waals surface area contributed by atoms with E-state index in [1.807, 2.05) is 59.5 Å². The highest BCUT2D eigenvalue weighted by Gasteiger charge is 2.24. The van der Waals surface area contributed by atoms with E-state index < -0.39 is 0 Å². The molecule has 0 aliphatic carbocycles. The quantitative estimate of drug-likeness (QED) is 0.309. The van der Waals surface area contributed by atoms with Crippen molar-refractivity contribution in [3.63, 3.8) is 0 Å². The fraction of sp³-hybridized carbons (Fsp3) is 0.444. The summed E-state index contributed by atoms with van der Waals surface area (Å²) in [7, 11) is 0. The third-order valence-corrected chi connectivity index (χ3v) is 10.2. The summed E-state index contributed by atoms with van der Waals surface area (Å²) < 4.78 is 0. The van der Waals surface area contributed by atoms with Crippen molar-refractivity contribution < 1.29 is 9.59 Å². The molecule has 10 heteroatoms. The molecule has 3 fully saturated rings. The predicted molar refractivity (Wildman–Crippen MR) is 189 cm³/mol. The molecule has 3 aromatic carbocycles. The van der Waals surface area contributed by atoms with Crippen LogP contribution >= 0.6 is 23.2 Å². The molecular weight excluding hydrogens is 619 g/mol. The summed E-state index contributed by atoms with van der Waals surface area (Å²) in [6.07, 6.45) is 2.62. The van der Waals surface area contributed by atoms with Gasteiger partial charge in [-0.05, 0) is 85.1 Å². The molecule has 6 rings (SSSR count). The number of rotatable bonds is 9. The Bertz CT molecular complexity index is 1490. The summed E-state index contributed by atoms with van der Waals surface area (Å²) >= 11 is 13.4. The molecule has 2 amide bonds. The van der Waals surface area contributed by atoms with Crippen molar-refractivity contribution in [2.45, 2.75) is 32.7 Å². The van der Waals surface area contributed by atoms with Gasteiger partial charge in [-0.25, -0.2) is 0 Å². The molecule has 0 bridgehead atoms. The van der Waals surface area contributed by atoms with E-state index in [1.54, 1.807) is 0 Å². The third-order valence-electron chi connectivity index (χ3n) is 9.55. The fourth-order valence-electron chi connectivity index (χ4n) is 6.70. The van der Waals surface area contributed by atoms with Crippen molar-refractivity contribution in [2.24, 2.45) is 0 Å². The maximum Gasteiger partial charge on any atom is 0.255 e. The van der Waals surface area contributed by atoms with Crippen LogP contribution in [0.1, 0.15) is 41.3 Å². The second-order valence-corrected chi connectivity index (χ2v) is 13.4. The summed E-state index contributed by atoms with van der Waals surface area (Å²) in [5.74, 6) is -0.0894. The van der Waals surface area contributed by atoms with E-state index in [4.69, 9.17) is 23.2 Å². The Morgan fingerprint density at radius 1 is 0.717 bits per heavy atom. The van der Waals surface area contributed by atoms with Crippen LogP contribution in [0, 0.1) is 0 Å². The van der Waals surface area contributed by atoms with Crippen LogP contribution in [-0.4, -0.2) is 98.5 Å². The molecule has 244 valence electrons. The average Bonchev–Trinajstić information content (AvgIpc) is 3.63. The number of nitrogens with one attached hydrogen (secondary N) is 1. The molecule has 0 atom stereocenters. The van der Waals surface area contributed by atoms with Gasteiger partial charge in [0.1, 0.15) is 0 Å². The molecular formula is C36H44Cl2N6O2. The van der Waals surface area contributed by atoms with Gasteiger partial charge in [0.25, 0.3) is 5.91 Å². The van der Waals surface area contributed by atoms with Gasteiger partial charge in [0.05, 0.1) is 6.42 Å². The second kappa shape index (κ2) is 15.1. The lowest BCUT2D eigenvalue weighted by atomic mass is 10.1. The van der Waals surface area contributed by atoms with E-state index >= 15 is 0 Å². The molecule has 3 aromatic rings. The van der Waals surface area contributed by atoms with Gasteiger partial charge < -0.3 is 24.9 Å². The first-order valence-corrected chi connectivity index (χ1v) is 17.3. The molecule has 1 N–H and O–H groups in total. The monoisotopic (exact) mass is 662 g/mol. The molecule has 0 spiro atoms. The Morgan fingerprint density at radius 2 is 1.35 bits per heavy atom. The first-order valence-electron chi connectivity index (χ1n) is 16.6. The number of piperazine rings is 2. The number of hydrogen-bond acceptors (Lipinski definition) is 6. The Morgan fingerprint density at radius 3 is 2.00 bits per heavy atom. The Balaban J connectivity index is 0.984. The summed E-state index contributed by atoms with van der Waals surface area (Å²) in [5, 5.41) is 4.17. The average molecular weight is 664 g/mol. The summed E-state index contributed by atoms with van der Waals surface area (Å²) in [6.45, 7) is 13.1. The van der Waals surface area contributed by atoms with Crippen molar-refractivity contribution in [1.82, 2.24) is 14.7 Å². The van der Waals surface area contributed by atoms with Crippen LogP contribution in [0.3, 0.4) is 0 Å². The van der Waals surface area contributed by atoms with E-state index in [0.717, 1.165) is 75.0 Å². The normalized spacial score (nSPS) is 17.8. The van der Waals surface area contributed by atoms with Crippen LogP contribution < -0.4 is 15.1 Å². The topological polar surface area (TPSA) is 62.4 Å². The lowest BCUT2D eigenvalue weighted by molar-refractivity contribution is -0.130. The number of carbonyl (C=O) groups excluding carboxylic acids is 2. The molecule has 3 saturated heterocycles. The number of carbonyl (C=O) groups is 2. The summed E-state index contributed by atoms with van der Waals surface area (Å²) in [5.41, 5.74) is 5.39. The van der Waals surface area contributed by atoms with Crippen LogP contribution in [-0.2, 0) is 17.8 Å². The van der Waals surface area contributed by atoms with Crippen molar-refractivity contribution >= 4 is 52.1 Å². The Hall–Kier alpha value is -3.30.